The first-order valence-electron chi connectivity index (χ1n) is 10.4. The Morgan fingerprint density at radius 2 is 1.71 bits per heavy atom. The molecule has 1 fully saturated rings. The van der Waals surface area contributed by atoms with Crippen molar-refractivity contribution in [3.05, 3.63) is 59.7 Å². The number of nitrogens with zero attached hydrogens (tertiary/aromatic N) is 1. The van der Waals surface area contributed by atoms with E-state index in [1.54, 1.807) is 0 Å². The number of carbonyl (C=O) groups is 1. The van der Waals surface area contributed by atoms with Gasteiger partial charge in [-0.05, 0) is 48.9 Å². The van der Waals surface area contributed by atoms with E-state index in [0.29, 0.717) is 24.0 Å². The summed E-state index contributed by atoms with van der Waals surface area (Å²) >= 11 is 0. The number of aryl methyl sites for hydroxylation is 1. The lowest BCUT2D eigenvalue weighted by molar-refractivity contribution is -0.142. The van der Waals surface area contributed by atoms with Crippen LogP contribution in [0.1, 0.15) is 43.2 Å². The summed E-state index contributed by atoms with van der Waals surface area (Å²) in [5.74, 6) is 1.98. The van der Waals surface area contributed by atoms with Gasteiger partial charge in [0.2, 0.25) is 6.10 Å². The number of hydrogen-bond donors (Lipinski definition) is 0. The highest BCUT2D eigenvalue weighted by Gasteiger charge is 2.32. The van der Waals surface area contributed by atoms with E-state index in [-0.39, 0.29) is 12.5 Å². The van der Waals surface area contributed by atoms with E-state index in [1.807, 2.05) is 41.3 Å². The highest BCUT2D eigenvalue weighted by atomic mass is 16.6. The predicted molar refractivity (Wildman–Crippen MR) is 110 cm³/mol. The van der Waals surface area contributed by atoms with Crippen LogP contribution in [0.5, 0.6) is 11.5 Å². The fourth-order valence-corrected chi connectivity index (χ4v) is 4.25. The highest BCUT2D eigenvalue weighted by molar-refractivity contribution is 5.82. The Morgan fingerprint density at radius 1 is 1.00 bits per heavy atom. The minimum absolute atomic E-state index is 0.0309. The fourth-order valence-electron chi connectivity index (χ4n) is 4.25. The fraction of sp³-hybridized carbons (Fsp3) is 0.458. The summed E-state index contributed by atoms with van der Waals surface area (Å²) in [7, 11) is 0. The molecule has 0 radical (unpaired) electrons. The average molecular weight is 380 g/mol. The summed E-state index contributed by atoms with van der Waals surface area (Å²) in [5, 5.41) is 0. The van der Waals surface area contributed by atoms with E-state index in [9.17, 15) is 4.79 Å². The molecule has 4 nitrogen and oxygen atoms in total. The summed E-state index contributed by atoms with van der Waals surface area (Å²) in [6, 6.07) is 15.9. The molecule has 0 saturated heterocycles. The zero-order valence-electron chi connectivity index (χ0n) is 16.6. The zero-order valence-corrected chi connectivity index (χ0v) is 16.6. The Hall–Kier alpha value is -2.49. The molecule has 1 amide bonds. The zero-order chi connectivity index (χ0) is 19.3. The molecule has 28 heavy (non-hydrogen) atoms. The number of para-hydroxylation sites is 2. The minimum Gasteiger partial charge on any atom is -0.485 e. The van der Waals surface area contributed by atoms with Crippen molar-refractivity contribution in [3.8, 4) is 11.5 Å². The number of carbonyl (C=O) groups excluding carboxylic acids is 1. The van der Waals surface area contributed by atoms with Crippen LogP contribution in [0.25, 0.3) is 0 Å². The van der Waals surface area contributed by atoms with Crippen LogP contribution in [0.2, 0.25) is 0 Å². The summed E-state index contributed by atoms with van der Waals surface area (Å²) < 4.78 is 11.8. The molecular weight excluding hydrogens is 350 g/mol. The van der Waals surface area contributed by atoms with Crippen molar-refractivity contribution in [1.29, 1.82) is 0 Å². The van der Waals surface area contributed by atoms with Gasteiger partial charge in [0, 0.05) is 13.1 Å². The minimum atomic E-state index is -0.581. The number of fused-ring (bicyclic) bond motifs is 1. The van der Waals surface area contributed by atoms with Gasteiger partial charge in [-0.2, -0.15) is 0 Å². The molecular formula is C24H29NO3. The van der Waals surface area contributed by atoms with Gasteiger partial charge in [0.05, 0.1) is 0 Å². The van der Waals surface area contributed by atoms with Gasteiger partial charge in [-0.1, -0.05) is 55.7 Å². The first-order valence-corrected chi connectivity index (χ1v) is 10.4. The van der Waals surface area contributed by atoms with Crippen molar-refractivity contribution in [3.63, 3.8) is 0 Å². The third-order valence-corrected chi connectivity index (χ3v) is 5.92. The Bertz CT molecular complexity index is 813. The van der Waals surface area contributed by atoms with Crippen LogP contribution in [-0.2, 0) is 11.3 Å². The summed E-state index contributed by atoms with van der Waals surface area (Å²) in [5.41, 5.74) is 2.42. The van der Waals surface area contributed by atoms with Crippen LogP contribution in [0, 0.1) is 12.8 Å². The molecule has 1 saturated carbocycles. The molecule has 1 heterocycles. The Balaban J connectivity index is 1.52. The van der Waals surface area contributed by atoms with E-state index in [2.05, 4.69) is 19.1 Å². The van der Waals surface area contributed by atoms with Crippen LogP contribution in [0.3, 0.4) is 0 Å². The van der Waals surface area contributed by atoms with E-state index in [0.717, 1.165) is 6.54 Å². The Morgan fingerprint density at radius 3 is 2.50 bits per heavy atom. The van der Waals surface area contributed by atoms with E-state index in [4.69, 9.17) is 9.47 Å². The normalized spacial score (nSPS) is 19.2. The molecule has 2 aliphatic rings. The van der Waals surface area contributed by atoms with Crippen molar-refractivity contribution in [1.82, 2.24) is 4.90 Å². The molecule has 0 spiro atoms. The third-order valence-electron chi connectivity index (χ3n) is 5.92. The van der Waals surface area contributed by atoms with Crippen molar-refractivity contribution < 1.29 is 14.3 Å². The van der Waals surface area contributed by atoms with Gasteiger partial charge >= 0.3 is 0 Å². The van der Waals surface area contributed by atoms with Crippen molar-refractivity contribution >= 4 is 5.91 Å². The Labute approximate surface area is 167 Å². The highest BCUT2D eigenvalue weighted by Crippen LogP contribution is 2.32. The van der Waals surface area contributed by atoms with Gasteiger partial charge in [-0.15, -0.1) is 0 Å². The van der Waals surface area contributed by atoms with Crippen LogP contribution in [0.15, 0.2) is 48.5 Å². The average Bonchev–Trinajstić information content (AvgIpc) is 2.74. The number of rotatable bonds is 5. The van der Waals surface area contributed by atoms with Gasteiger partial charge < -0.3 is 14.4 Å². The summed E-state index contributed by atoms with van der Waals surface area (Å²) in [6.45, 7) is 3.80. The first-order chi connectivity index (χ1) is 13.7. The lowest BCUT2D eigenvalue weighted by Gasteiger charge is -2.34. The van der Waals surface area contributed by atoms with E-state index in [1.165, 1.54) is 43.2 Å². The number of amides is 1. The number of benzene rings is 2. The number of ether oxygens (including phenoxy) is 2. The van der Waals surface area contributed by atoms with Crippen LogP contribution < -0.4 is 9.47 Å². The standard InChI is InChI=1S/C24H29NO3/c1-18-9-5-6-12-20(18)16-25(15-19-10-3-2-4-11-19)24(26)23-17-27-21-13-7-8-14-22(21)28-23/h5-9,12-14,19,23H,2-4,10-11,15-17H2,1H3/t23-/m1/s1. The van der Waals surface area contributed by atoms with E-state index < -0.39 is 6.10 Å². The van der Waals surface area contributed by atoms with Crippen molar-refractivity contribution in [2.45, 2.75) is 51.7 Å². The van der Waals surface area contributed by atoms with E-state index >= 15 is 0 Å². The molecule has 0 unspecified atom stereocenters. The molecule has 0 N–H and O–H groups in total. The molecule has 4 heteroatoms. The topological polar surface area (TPSA) is 38.8 Å². The second-order valence-corrected chi connectivity index (χ2v) is 8.01. The third kappa shape index (κ3) is 4.32. The van der Waals surface area contributed by atoms with Crippen molar-refractivity contribution in [2.75, 3.05) is 13.2 Å². The maximum absolute atomic E-state index is 13.4. The van der Waals surface area contributed by atoms with Gasteiger partial charge in [0.1, 0.15) is 6.61 Å². The lowest BCUT2D eigenvalue weighted by atomic mass is 9.88. The van der Waals surface area contributed by atoms with Crippen LogP contribution in [0.4, 0.5) is 0 Å². The molecule has 1 aliphatic carbocycles. The van der Waals surface area contributed by atoms with Gasteiger partial charge in [-0.3, -0.25) is 4.79 Å². The second-order valence-electron chi connectivity index (χ2n) is 8.01. The first kappa shape index (κ1) is 18.9. The number of hydrogen-bond acceptors (Lipinski definition) is 3. The van der Waals surface area contributed by atoms with Gasteiger partial charge in [-0.25, -0.2) is 0 Å². The smallest absolute Gasteiger partial charge is 0.267 e. The maximum Gasteiger partial charge on any atom is 0.267 e. The van der Waals surface area contributed by atoms with Gasteiger partial charge in [0.15, 0.2) is 11.5 Å². The molecule has 0 aromatic heterocycles. The second kappa shape index (κ2) is 8.68. The lowest BCUT2D eigenvalue weighted by Crippen LogP contribution is -2.47. The Kier molecular flexibility index (Phi) is 5.84. The predicted octanol–water partition coefficient (Wildman–Crippen LogP) is 4.74. The van der Waals surface area contributed by atoms with Crippen molar-refractivity contribution in [2.24, 2.45) is 5.92 Å². The SMILES string of the molecule is Cc1ccccc1CN(CC1CCCCC1)C(=O)[C@H]1COc2ccccc2O1. The maximum atomic E-state index is 13.4. The molecule has 0 bridgehead atoms. The molecule has 148 valence electrons. The largest absolute Gasteiger partial charge is 0.485 e. The van der Waals surface area contributed by atoms with Crippen LogP contribution >= 0.6 is 0 Å². The summed E-state index contributed by atoms with van der Waals surface area (Å²) in [6.07, 6.45) is 5.70. The summed E-state index contributed by atoms with van der Waals surface area (Å²) in [4.78, 5) is 15.4. The molecule has 1 atom stereocenters. The molecule has 2 aromatic carbocycles. The monoisotopic (exact) mass is 379 g/mol. The van der Waals surface area contributed by atoms with Gasteiger partial charge in [0.25, 0.3) is 5.91 Å². The molecule has 1 aliphatic heterocycles. The molecule has 2 aromatic rings. The quantitative estimate of drug-likeness (QED) is 0.753. The molecule has 4 rings (SSSR count). The van der Waals surface area contributed by atoms with Crippen LogP contribution in [-0.4, -0.2) is 30.1 Å².